The van der Waals surface area contributed by atoms with Crippen LogP contribution in [0.3, 0.4) is 0 Å². The Morgan fingerprint density at radius 1 is 1.26 bits per heavy atom. The van der Waals surface area contributed by atoms with Gasteiger partial charge in [0.1, 0.15) is 17.1 Å². The number of benzene rings is 2. The lowest BCUT2D eigenvalue weighted by Crippen LogP contribution is -2.55. The average Bonchev–Trinajstić information content (AvgIpc) is 2.85. The Bertz CT molecular complexity index is 1380. The van der Waals surface area contributed by atoms with Crippen molar-refractivity contribution in [3.8, 4) is 18.1 Å². The molecule has 0 bridgehead atoms. The van der Waals surface area contributed by atoms with Crippen molar-refractivity contribution in [2.75, 3.05) is 25.4 Å². The number of sulfone groups is 1. The number of aromatic nitrogens is 1. The largest absolute Gasteiger partial charge is 0.489 e. The smallest absolute Gasteiger partial charge is 0.245 e. The number of hydroxylamine groups is 1. The second-order valence-corrected chi connectivity index (χ2v) is 11.1. The third-order valence-corrected chi connectivity index (χ3v) is 8.76. The molecule has 2 aromatic carbocycles. The number of carbonyl (C=O) groups is 1. The summed E-state index contributed by atoms with van der Waals surface area (Å²) in [6.07, 6.45) is 5.02. The van der Waals surface area contributed by atoms with Gasteiger partial charge in [-0.1, -0.05) is 36.3 Å². The molecule has 8 nitrogen and oxygen atoms in total. The molecule has 1 unspecified atom stereocenters. The van der Waals surface area contributed by atoms with Crippen LogP contribution in [0.5, 0.6) is 5.75 Å². The number of para-hydroxylation sites is 1. The van der Waals surface area contributed by atoms with Crippen molar-refractivity contribution >= 4 is 26.6 Å². The van der Waals surface area contributed by atoms with E-state index in [1.807, 2.05) is 42.2 Å². The molecule has 1 amide bonds. The van der Waals surface area contributed by atoms with Gasteiger partial charge in [0.15, 0.2) is 9.84 Å². The number of ether oxygens (including phenoxy) is 1. The Hall–Kier alpha value is -3.45. The van der Waals surface area contributed by atoms with Crippen molar-refractivity contribution in [3.05, 3.63) is 71.4 Å². The SMILES string of the molecule is C#CCN1CCS(=O)(=O)C(CC(=O)NO)(c2ccc(OCc3cc(C)nc4ccccc34)cc2)C1. The third-order valence-electron chi connectivity index (χ3n) is 6.34. The predicted octanol–water partition coefficient (Wildman–Crippen LogP) is 2.58. The summed E-state index contributed by atoms with van der Waals surface area (Å²) >= 11 is 0. The average molecular weight is 494 g/mol. The van der Waals surface area contributed by atoms with Gasteiger partial charge in [0.25, 0.3) is 0 Å². The van der Waals surface area contributed by atoms with E-state index in [9.17, 15) is 13.2 Å². The van der Waals surface area contributed by atoms with Crippen LogP contribution >= 0.6 is 0 Å². The lowest BCUT2D eigenvalue weighted by atomic mass is 9.93. The molecule has 9 heteroatoms. The second-order valence-electron chi connectivity index (χ2n) is 8.69. The molecule has 0 radical (unpaired) electrons. The zero-order chi connectivity index (χ0) is 25.1. The number of terminal acetylenes is 1. The summed E-state index contributed by atoms with van der Waals surface area (Å²) in [6.45, 7) is 2.85. The first-order valence-electron chi connectivity index (χ1n) is 11.2. The van der Waals surface area contributed by atoms with Gasteiger partial charge >= 0.3 is 0 Å². The van der Waals surface area contributed by atoms with Crippen molar-refractivity contribution in [1.29, 1.82) is 0 Å². The molecule has 2 heterocycles. The molecule has 1 atom stereocenters. The van der Waals surface area contributed by atoms with Gasteiger partial charge in [0, 0.05) is 29.7 Å². The van der Waals surface area contributed by atoms with E-state index in [-0.39, 0.29) is 25.4 Å². The molecular weight excluding hydrogens is 466 g/mol. The van der Waals surface area contributed by atoms with E-state index in [2.05, 4.69) is 10.9 Å². The van der Waals surface area contributed by atoms with E-state index in [0.717, 1.165) is 22.2 Å². The third kappa shape index (κ3) is 5.00. The first kappa shape index (κ1) is 24.7. The number of pyridine rings is 1. The molecule has 182 valence electrons. The number of fused-ring (bicyclic) bond motifs is 1. The maximum absolute atomic E-state index is 13.3. The molecule has 1 fully saturated rings. The van der Waals surface area contributed by atoms with Crippen LogP contribution in [0, 0.1) is 19.3 Å². The molecular formula is C26H27N3O5S. The van der Waals surface area contributed by atoms with Crippen LogP contribution in [0.4, 0.5) is 0 Å². The Labute approximate surface area is 204 Å². The molecule has 0 aliphatic carbocycles. The molecule has 1 aliphatic heterocycles. The summed E-state index contributed by atoms with van der Waals surface area (Å²) in [6, 6.07) is 16.5. The number of hydrogen-bond acceptors (Lipinski definition) is 7. The van der Waals surface area contributed by atoms with Gasteiger partial charge in [0.05, 0.1) is 24.2 Å². The lowest BCUT2D eigenvalue weighted by Gasteiger charge is -2.41. The van der Waals surface area contributed by atoms with Crippen molar-refractivity contribution in [2.45, 2.75) is 24.7 Å². The molecule has 3 aromatic rings. The van der Waals surface area contributed by atoms with E-state index in [0.29, 0.717) is 17.9 Å². The molecule has 0 saturated carbocycles. The molecule has 35 heavy (non-hydrogen) atoms. The monoisotopic (exact) mass is 493 g/mol. The van der Waals surface area contributed by atoms with Crippen LogP contribution in [-0.4, -0.2) is 54.8 Å². The van der Waals surface area contributed by atoms with Crippen LogP contribution in [0.1, 0.15) is 23.2 Å². The number of carbonyl (C=O) groups excluding carboxylic acids is 1. The van der Waals surface area contributed by atoms with Gasteiger partial charge in [-0.2, -0.15) is 0 Å². The minimum absolute atomic E-state index is 0.0510. The molecule has 4 rings (SSSR count). The van der Waals surface area contributed by atoms with Gasteiger partial charge < -0.3 is 4.74 Å². The minimum Gasteiger partial charge on any atom is -0.489 e. The van der Waals surface area contributed by atoms with Gasteiger partial charge in [0.2, 0.25) is 5.91 Å². The van der Waals surface area contributed by atoms with Crippen molar-refractivity contribution in [3.63, 3.8) is 0 Å². The molecule has 1 saturated heterocycles. The number of aryl methyl sites for hydroxylation is 1. The Kier molecular flexibility index (Phi) is 7.08. The van der Waals surface area contributed by atoms with Crippen molar-refractivity contribution in [2.24, 2.45) is 0 Å². The number of amides is 1. The predicted molar refractivity (Wildman–Crippen MR) is 133 cm³/mol. The summed E-state index contributed by atoms with van der Waals surface area (Å²) in [4.78, 5) is 18.5. The molecule has 2 N–H and O–H groups in total. The van der Waals surface area contributed by atoms with Gasteiger partial charge in [-0.05, 0) is 36.8 Å². The Morgan fingerprint density at radius 2 is 2.00 bits per heavy atom. The topological polar surface area (TPSA) is 109 Å². The highest BCUT2D eigenvalue weighted by Gasteiger charge is 2.50. The molecule has 1 aliphatic rings. The fourth-order valence-electron chi connectivity index (χ4n) is 4.62. The van der Waals surface area contributed by atoms with Gasteiger partial charge in [-0.15, -0.1) is 6.42 Å². The van der Waals surface area contributed by atoms with Crippen LogP contribution in [-0.2, 0) is 26.0 Å². The Morgan fingerprint density at radius 3 is 2.71 bits per heavy atom. The van der Waals surface area contributed by atoms with Gasteiger partial charge in [-0.3, -0.25) is 19.9 Å². The maximum atomic E-state index is 13.3. The molecule has 1 aromatic heterocycles. The summed E-state index contributed by atoms with van der Waals surface area (Å²) in [7, 11) is -3.72. The lowest BCUT2D eigenvalue weighted by molar-refractivity contribution is -0.130. The van der Waals surface area contributed by atoms with E-state index >= 15 is 0 Å². The maximum Gasteiger partial charge on any atom is 0.245 e. The summed E-state index contributed by atoms with van der Waals surface area (Å²) in [5.41, 5.74) is 4.79. The van der Waals surface area contributed by atoms with Crippen LogP contribution < -0.4 is 10.2 Å². The highest BCUT2D eigenvalue weighted by molar-refractivity contribution is 7.92. The molecule has 0 spiro atoms. The second kappa shape index (κ2) is 10.0. The minimum atomic E-state index is -3.72. The zero-order valence-corrected chi connectivity index (χ0v) is 20.2. The first-order valence-corrected chi connectivity index (χ1v) is 12.8. The number of nitrogens with zero attached hydrogens (tertiary/aromatic N) is 2. The fraction of sp³-hybridized carbons (Fsp3) is 0.308. The van der Waals surface area contributed by atoms with Crippen molar-refractivity contribution < 1.29 is 23.2 Å². The van der Waals surface area contributed by atoms with E-state index in [4.69, 9.17) is 16.4 Å². The van der Waals surface area contributed by atoms with E-state index in [1.165, 1.54) is 0 Å². The standard InChI is InChI=1S/C26H27N3O5S/c1-3-12-29-13-14-35(32,33)26(18-29,16-25(30)28-31)21-8-10-22(11-9-21)34-17-20-15-19(2)27-24-7-5-4-6-23(20)24/h1,4-11,15,31H,12-14,16-18H2,2H3,(H,28,30). The summed E-state index contributed by atoms with van der Waals surface area (Å²) < 4.78 is 31.0. The zero-order valence-electron chi connectivity index (χ0n) is 19.4. The highest BCUT2D eigenvalue weighted by Crippen LogP contribution is 2.39. The van der Waals surface area contributed by atoms with Crippen molar-refractivity contribution in [1.82, 2.24) is 15.4 Å². The quantitative estimate of drug-likeness (QED) is 0.296. The van der Waals surface area contributed by atoms with Crippen LogP contribution in [0.15, 0.2) is 54.6 Å². The van der Waals surface area contributed by atoms with Crippen LogP contribution in [0.2, 0.25) is 0 Å². The number of nitrogens with one attached hydrogen (secondary N) is 1. The fourth-order valence-corrected chi connectivity index (χ4v) is 6.73. The van der Waals surface area contributed by atoms with Crippen LogP contribution in [0.25, 0.3) is 10.9 Å². The normalized spacial score (nSPS) is 19.7. The summed E-state index contributed by atoms with van der Waals surface area (Å²) in [5.74, 6) is 2.17. The highest BCUT2D eigenvalue weighted by atomic mass is 32.2. The van der Waals surface area contributed by atoms with E-state index in [1.54, 1.807) is 29.7 Å². The first-order chi connectivity index (χ1) is 16.8. The van der Waals surface area contributed by atoms with Gasteiger partial charge in [-0.25, -0.2) is 13.9 Å². The van der Waals surface area contributed by atoms with E-state index < -0.39 is 26.9 Å². The Balaban J connectivity index is 1.62. The summed E-state index contributed by atoms with van der Waals surface area (Å²) in [5, 5.41) is 10.1. The number of hydrogen-bond donors (Lipinski definition) is 2. The number of rotatable bonds is 7.